The number of amides is 2. The molecule has 136 valence electrons. The van der Waals surface area contributed by atoms with E-state index in [4.69, 9.17) is 16.3 Å². The molecule has 7 nitrogen and oxygen atoms in total. The summed E-state index contributed by atoms with van der Waals surface area (Å²) in [5.74, 6) is -0.780. The quantitative estimate of drug-likeness (QED) is 0.811. The van der Waals surface area contributed by atoms with Crippen molar-refractivity contribution in [2.75, 3.05) is 23.0 Å². The average molecular weight is 395 g/mol. The van der Waals surface area contributed by atoms with Gasteiger partial charge in [0.15, 0.2) is 16.4 Å². The van der Waals surface area contributed by atoms with Gasteiger partial charge in [-0.05, 0) is 36.4 Å². The van der Waals surface area contributed by atoms with Gasteiger partial charge in [0, 0.05) is 23.2 Å². The third-order valence-electron chi connectivity index (χ3n) is 3.67. The number of carbonyl (C=O) groups excluding carboxylic acids is 2. The fourth-order valence-electron chi connectivity index (χ4n) is 2.35. The third kappa shape index (κ3) is 4.33. The number of hydrogen-bond donors (Lipinski definition) is 2. The summed E-state index contributed by atoms with van der Waals surface area (Å²) >= 11 is 5.77. The Balaban J connectivity index is 1.64. The van der Waals surface area contributed by atoms with E-state index in [1.807, 2.05) is 0 Å². The lowest BCUT2D eigenvalue weighted by Crippen LogP contribution is -2.25. The summed E-state index contributed by atoms with van der Waals surface area (Å²) in [5.41, 5.74) is 0.954. The lowest BCUT2D eigenvalue weighted by atomic mass is 10.2. The normalized spacial score (nSPS) is 13.3. The summed E-state index contributed by atoms with van der Waals surface area (Å²) in [6, 6.07) is 10.7. The van der Waals surface area contributed by atoms with E-state index in [1.165, 1.54) is 18.2 Å². The molecule has 0 saturated carbocycles. The van der Waals surface area contributed by atoms with Crippen molar-refractivity contribution in [2.24, 2.45) is 0 Å². The van der Waals surface area contributed by atoms with Crippen LogP contribution in [0.2, 0.25) is 5.02 Å². The van der Waals surface area contributed by atoms with Gasteiger partial charge in [0.05, 0.1) is 16.3 Å². The highest BCUT2D eigenvalue weighted by atomic mass is 35.5. The topological polar surface area (TPSA) is 102 Å². The molecule has 2 aromatic rings. The first-order chi connectivity index (χ1) is 12.3. The Morgan fingerprint density at radius 3 is 2.65 bits per heavy atom. The summed E-state index contributed by atoms with van der Waals surface area (Å²) in [4.78, 5) is 23.2. The van der Waals surface area contributed by atoms with Crippen LogP contribution in [0, 0.1) is 0 Å². The Bertz CT molecular complexity index is 958. The first-order valence-corrected chi connectivity index (χ1v) is 9.71. The fraction of sp³-hybridized carbons (Fsp3) is 0.176. The van der Waals surface area contributed by atoms with Crippen molar-refractivity contribution >= 4 is 44.6 Å². The van der Waals surface area contributed by atoms with Gasteiger partial charge in [0.2, 0.25) is 5.91 Å². The number of carbonyl (C=O) groups is 2. The van der Waals surface area contributed by atoms with Crippen LogP contribution in [0.5, 0.6) is 5.75 Å². The highest BCUT2D eigenvalue weighted by molar-refractivity contribution is 7.91. The van der Waals surface area contributed by atoms with E-state index in [1.54, 1.807) is 24.3 Å². The van der Waals surface area contributed by atoms with Crippen molar-refractivity contribution in [3.05, 3.63) is 47.5 Å². The van der Waals surface area contributed by atoms with Crippen LogP contribution in [-0.4, -0.2) is 32.6 Å². The molecule has 0 unspecified atom stereocenters. The van der Waals surface area contributed by atoms with Gasteiger partial charge in [-0.25, -0.2) is 8.42 Å². The molecular weight excluding hydrogens is 380 g/mol. The molecule has 9 heteroatoms. The van der Waals surface area contributed by atoms with E-state index in [2.05, 4.69) is 10.6 Å². The average Bonchev–Trinajstić information content (AvgIpc) is 2.61. The Labute approximate surface area is 155 Å². The van der Waals surface area contributed by atoms with E-state index in [0.29, 0.717) is 16.4 Å². The number of halogens is 1. The summed E-state index contributed by atoms with van der Waals surface area (Å²) in [7, 11) is -3.68. The van der Waals surface area contributed by atoms with Gasteiger partial charge in [-0.2, -0.15) is 0 Å². The van der Waals surface area contributed by atoms with Crippen LogP contribution in [0.15, 0.2) is 47.4 Å². The van der Waals surface area contributed by atoms with Gasteiger partial charge in [-0.15, -0.1) is 0 Å². The second-order valence-electron chi connectivity index (χ2n) is 5.62. The molecule has 0 aromatic heterocycles. The van der Waals surface area contributed by atoms with Crippen LogP contribution in [0.4, 0.5) is 11.4 Å². The third-order valence-corrected chi connectivity index (χ3v) is 5.64. The maximum Gasteiger partial charge on any atom is 0.262 e. The predicted octanol–water partition coefficient (Wildman–Crippen LogP) is 2.47. The summed E-state index contributed by atoms with van der Waals surface area (Å²) in [6.45, 7) is -0.167. The van der Waals surface area contributed by atoms with Crippen LogP contribution in [0.25, 0.3) is 0 Å². The summed E-state index contributed by atoms with van der Waals surface area (Å²) in [5, 5.41) is 5.74. The molecule has 0 spiro atoms. The molecule has 0 atom stereocenters. The molecule has 1 aliphatic rings. The van der Waals surface area contributed by atoms with Gasteiger partial charge in [0.25, 0.3) is 5.91 Å². The monoisotopic (exact) mass is 394 g/mol. The maximum atomic E-state index is 12.4. The molecule has 0 saturated heterocycles. The molecule has 1 heterocycles. The first kappa shape index (κ1) is 18.2. The zero-order valence-corrected chi connectivity index (χ0v) is 15.1. The van der Waals surface area contributed by atoms with E-state index in [9.17, 15) is 18.0 Å². The molecule has 2 aromatic carbocycles. The van der Waals surface area contributed by atoms with E-state index in [-0.39, 0.29) is 35.3 Å². The van der Waals surface area contributed by atoms with Gasteiger partial charge in [-0.3, -0.25) is 9.59 Å². The Morgan fingerprint density at radius 2 is 1.92 bits per heavy atom. The van der Waals surface area contributed by atoms with Gasteiger partial charge >= 0.3 is 0 Å². The number of anilines is 2. The second kappa shape index (κ2) is 7.35. The number of sulfone groups is 1. The van der Waals surface area contributed by atoms with Crippen molar-refractivity contribution in [3.8, 4) is 5.75 Å². The zero-order chi connectivity index (χ0) is 18.7. The smallest absolute Gasteiger partial charge is 0.262 e. The standard InChI is InChI=1S/C17H15ClN2O5S/c18-11-1-3-12(4-2-11)19-16(21)7-8-26(23,24)13-5-6-14-15(9-13)25-10-17(22)20-14/h1-6,9H,7-8,10H2,(H,19,21)(H,20,22). The molecule has 0 bridgehead atoms. The highest BCUT2D eigenvalue weighted by Crippen LogP contribution is 2.30. The SMILES string of the molecule is O=C(CCS(=O)(=O)c1ccc2c(c1)OCC(=O)N2)Nc1ccc(Cl)cc1. The van der Waals surface area contributed by atoms with Gasteiger partial charge in [0.1, 0.15) is 5.75 Å². The molecular formula is C17H15ClN2O5S. The van der Waals surface area contributed by atoms with Crippen LogP contribution in [0.1, 0.15) is 6.42 Å². The Morgan fingerprint density at radius 1 is 1.19 bits per heavy atom. The molecule has 1 aliphatic heterocycles. The van der Waals surface area contributed by atoms with Crippen LogP contribution in [-0.2, 0) is 19.4 Å². The molecule has 2 amide bonds. The maximum absolute atomic E-state index is 12.4. The van der Waals surface area contributed by atoms with E-state index < -0.39 is 15.7 Å². The number of hydrogen-bond acceptors (Lipinski definition) is 5. The summed E-state index contributed by atoms with van der Waals surface area (Å²) < 4.78 is 30.1. The fourth-order valence-corrected chi connectivity index (χ4v) is 3.73. The van der Waals surface area contributed by atoms with E-state index in [0.717, 1.165) is 0 Å². The van der Waals surface area contributed by atoms with Crippen molar-refractivity contribution in [1.82, 2.24) is 0 Å². The molecule has 26 heavy (non-hydrogen) atoms. The molecule has 3 rings (SSSR count). The Hall–Kier alpha value is -2.58. The van der Waals surface area contributed by atoms with Crippen molar-refractivity contribution in [1.29, 1.82) is 0 Å². The molecule has 0 fully saturated rings. The number of rotatable bonds is 5. The molecule has 2 N–H and O–H groups in total. The molecule has 0 aliphatic carbocycles. The van der Waals surface area contributed by atoms with Crippen LogP contribution in [0.3, 0.4) is 0 Å². The van der Waals surface area contributed by atoms with Gasteiger partial charge < -0.3 is 15.4 Å². The number of ether oxygens (including phenoxy) is 1. The minimum atomic E-state index is -3.68. The lowest BCUT2D eigenvalue weighted by molar-refractivity contribution is -0.118. The first-order valence-electron chi connectivity index (χ1n) is 7.68. The zero-order valence-electron chi connectivity index (χ0n) is 13.5. The number of benzene rings is 2. The number of fused-ring (bicyclic) bond motifs is 1. The highest BCUT2D eigenvalue weighted by Gasteiger charge is 2.21. The largest absolute Gasteiger partial charge is 0.482 e. The Kier molecular flexibility index (Phi) is 5.15. The van der Waals surface area contributed by atoms with Crippen LogP contribution >= 0.6 is 11.6 Å². The van der Waals surface area contributed by atoms with Crippen molar-refractivity contribution in [2.45, 2.75) is 11.3 Å². The van der Waals surface area contributed by atoms with Crippen molar-refractivity contribution in [3.63, 3.8) is 0 Å². The second-order valence-corrected chi connectivity index (χ2v) is 8.16. The van der Waals surface area contributed by atoms with Gasteiger partial charge in [-0.1, -0.05) is 11.6 Å². The van der Waals surface area contributed by atoms with Crippen LogP contribution < -0.4 is 15.4 Å². The van der Waals surface area contributed by atoms with E-state index >= 15 is 0 Å². The van der Waals surface area contributed by atoms with Crippen molar-refractivity contribution < 1.29 is 22.7 Å². The predicted molar refractivity (Wildman–Crippen MR) is 97.3 cm³/mol. The lowest BCUT2D eigenvalue weighted by Gasteiger charge is -2.18. The summed E-state index contributed by atoms with van der Waals surface area (Å²) in [6.07, 6.45) is -0.195. The number of nitrogens with one attached hydrogen (secondary N) is 2. The minimum absolute atomic E-state index is 0.0340. The minimum Gasteiger partial charge on any atom is -0.482 e. The molecule has 0 radical (unpaired) electrons.